The van der Waals surface area contributed by atoms with E-state index in [0.717, 1.165) is 61.3 Å². The number of aromatic amines is 1. The number of benzene rings is 3. The van der Waals surface area contributed by atoms with Crippen LogP contribution in [0.2, 0.25) is 5.02 Å². The van der Waals surface area contributed by atoms with Crippen LogP contribution in [0.15, 0.2) is 72.3 Å². The van der Waals surface area contributed by atoms with Gasteiger partial charge < -0.3 is 10.3 Å². The van der Waals surface area contributed by atoms with E-state index in [1.807, 2.05) is 54.6 Å². The number of carbonyl (C=O) groups excluding carboxylic acids is 1. The Morgan fingerprint density at radius 1 is 1.03 bits per heavy atom. The Kier molecular flexibility index (Phi) is 3.95. The van der Waals surface area contributed by atoms with Crippen LogP contribution in [0.5, 0.6) is 0 Å². The third-order valence-electron chi connectivity index (χ3n) is 8.15. The Morgan fingerprint density at radius 3 is 2.65 bits per heavy atom. The molecule has 3 aliphatic rings. The van der Waals surface area contributed by atoms with Crippen molar-refractivity contribution in [2.24, 2.45) is 0 Å². The second-order valence-corrected chi connectivity index (χ2v) is 10.4. The average molecular weight is 500 g/mol. The first kappa shape index (κ1) is 20.7. The standard InChI is InChI=1S/C30H18ClN5O/c31-15-9-10-21-19(13-15)18-11-12-30(25(26(18)33-21)20(14-32)29(37)36-30)24-16-5-1-2-6-17(16)27-28(24)35-23-8-4-3-7-22(23)34-27/h1-10,13,24,33H,11-12H2,(H,36,37). The summed E-state index contributed by atoms with van der Waals surface area (Å²) < 4.78 is 0. The van der Waals surface area contributed by atoms with Crippen molar-refractivity contribution in [3.8, 4) is 17.3 Å². The number of rotatable bonds is 1. The maximum atomic E-state index is 13.4. The summed E-state index contributed by atoms with van der Waals surface area (Å²) in [4.78, 5) is 27.1. The number of carbonyl (C=O) groups is 1. The van der Waals surface area contributed by atoms with Gasteiger partial charge in [0.05, 0.1) is 33.9 Å². The maximum absolute atomic E-state index is 13.4. The normalized spacial score (nSPS) is 21.4. The van der Waals surface area contributed by atoms with Crippen LogP contribution in [0.1, 0.15) is 34.9 Å². The molecule has 5 aromatic rings. The minimum absolute atomic E-state index is 0.151. The molecule has 2 unspecified atom stereocenters. The molecule has 0 bridgehead atoms. The van der Waals surface area contributed by atoms with Gasteiger partial charge in [-0.05, 0) is 54.3 Å². The molecule has 37 heavy (non-hydrogen) atoms. The molecule has 3 aromatic carbocycles. The third-order valence-corrected chi connectivity index (χ3v) is 8.38. The molecule has 2 aliphatic carbocycles. The lowest BCUT2D eigenvalue weighted by Gasteiger charge is -2.41. The molecular weight excluding hydrogens is 482 g/mol. The zero-order valence-corrected chi connectivity index (χ0v) is 20.2. The third kappa shape index (κ3) is 2.57. The highest BCUT2D eigenvalue weighted by Crippen LogP contribution is 2.58. The number of fused-ring (bicyclic) bond motifs is 9. The van der Waals surface area contributed by atoms with Crippen molar-refractivity contribution in [2.45, 2.75) is 24.3 Å². The Morgan fingerprint density at radius 2 is 1.81 bits per heavy atom. The maximum Gasteiger partial charge on any atom is 0.263 e. The number of para-hydroxylation sites is 2. The van der Waals surface area contributed by atoms with E-state index in [1.165, 1.54) is 0 Å². The average Bonchev–Trinajstić information content (AvgIpc) is 3.53. The SMILES string of the molecule is N#CC1=C2c3[nH]c4ccc(Cl)cc4c3CCC2(C2c3ccccc3-c3nc4ccccc4nc32)NC1=O. The highest BCUT2D eigenvalue weighted by atomic mass is 35.5. The molecule has 0 saturated carbocycles. The van der Waals surface area contributed by atoms with Crippen LogP contribution >= 0.6 is 11.6 Å². The van der Waals surface area contributed by atoms with Crippen LogP contribution < -0.4 is 5.32 Å². The lowest BCUT2D eigenvalue weighted by molar-refractivity contribution is -0.117. The van der Waals surface area contributed by atoms with Crippen molar-refractivity contribution in [1.29, 1.82) is 5.26 Å². The fraction of sp³-hybridized carbons (Fsp3) is 0.133. The minimum Gasteiger partial charge on any atom is -0.354 e. The lowest BCUT2D eigenvalue weighted by Crippen LogP contribution is -2.51. The van der Waals surface area contributed by atoms with Gasteiger partial charge in [0, 0.05) is 32.8 Å². The summed E-state index contributed by atoms with van der Waals surface area (Å²) in [6.07, 6.45) is 1.34. The predicted octanol–water partition coefficient (Wildman–Crippen LogP) is 5.67. The molecule has 176 valence electrons. The molecule has 6 nitrogen and oxygen atoms in total. The molecule has 2 atom stereocenters. The summed E-state index contributed by atoms with van der Waals surface area (Å²) in [5, 5.41) is 15.1. The van der Waals surface area contributed by atoms with Gasteiger partial charge in [-0.3, -0.25) is 4.79 Å². The number of aryl methyl sites for hydroxylation is 1. The summed E-state index contributed by atoms with van der Waals surface area (Å²) in [5.74, 6) is -0.634. The highest BCUT2D eigenvalue weighted by molar-refractivity contribution is 6.31. The van der Waals surface area contributed by atoms with Crippen molar-refractivity contribution in [3.05, 3.63) is 99.8 Å². The second kappa shape index (κ2) is 7.06. The van der Waals surface area contributed by atoms with E-state index in [1.54, 1.807) is 0 Å². The predicted molar refractivity (Wildman–Crippen MR) is 142 cm³/mol. The summed E-state index contributed by atoms with van der Waals surface area (Å²) in [6.45, 7) is 0. The first-order chi connectivity index (χ1) is 18.1. The minimum atomic E-state index is -0.835. The van der Waals surface area contributed by atoms with Crippen LogP contribution in [0.4, 0.5) is 0 Å². The number of nitrogens with one attached hydrogen (secondary N) is 2. The fourth-order valence-corrected chi connectivity index (χ4v) is 6.88. The summed E-state index contributed by atoms with van der Waals surface area (Å²) >= 11 is 6.34. The molecule has 7 heteroatoms. The molecule has 8 rings (SSSR count). The zero-order chi connectivity index (χ0) is 24.9. The molecule has 0 saturated heterocycles. The van der Waals surface area contributed by atoms with Crippen LogP contribution in [-0.4, -0.2) is 26.4 Å². The Hall–Kier alpha value is -4.47. The quantitative estimate of drug-likeness (QED) is 0.311. The van der Waals surface area contributed by atoms with Crippen LogP contribution in [0.3, 0.4) is 0 Å². The van der Waals surface area contributed by atoms with Gasteiger partial charge in [-0.1, -0.05) is 48.0 Å². The van der Waals surface area contributed by atoms with Gasteiger partial charge in [-0.25, -0.2) is 9.97 Å². The van der Waals surface area contributed by atoms with Gasteiger partial charge in [0.1, 0.15) is 11.6 Å². The molecule has 2 N–H and O–H groups in total. The Labute approximate surface area is 216 Å². The van der Waals surface area contributed by atoms with Crippen molar-refractivity contribution in [1.82, 2.24) is 20.3 Å². The summed E-state index contributed by atoms with van der Waals surface area (Å²) in [7, 11) is 0. The first-order valence-corrected chi connectivity index (χ1v) is 12.6. The molecule has 2 aromatic heterocycles. The van der Waals surface area contributed by atoms with E-state index in [4.69, 9.17) is 21.6 Å². The molecule has 0 radical (unpaired) electrons. The summed E-state index contributed by atoms with van der Waals surface area (Å²) in [5.41, 5.74) is 8.28. The molecule has 3 heterocycles. The van der Waals surface area contributed by atoms with E-state index in [0.29, 0.717) is 17.9 Å². The van der Waals surface area contributed by atoms with E-state index in [-0.39, 0.29) is 17.4 Å². The van der Waals surface area contributed by atoms with Gasteiger partial charge in [-0.15, -0.1) is 0 Å². The number of nitrogens with zero attached hydrogens (tertiary/aromatic N) is 3. The van der Waals surface area contributed by atoms with Crippen molar-refractivity contribution < 1.29 is 4.79 Å². The van der Waals surface area contributed by atoms with Crippen LogP contribution in [0.25, 0.3) is 38.8 Å². The number of amides is 1. The van der Waals surface area contributed by atoms with Crippen molar-refractivity contribution in [3.63, 3.8) is 0 Å². The van der Waals surface area contributed by atoms with Gasteiger partial charge in [0.2, 0.25) is 0 Å². The smallest absolute Gasteiger partial charge is 0.263 e. The van der Waals surface area contributed by atoms with Gasteiger partial charge in [0.25, 0.3) is 5.91 Å². The van der Waals surface area contributed by atoms with Crippen molar-refractivity contribution >= 4 is 45.0 Å². The molecular formula is C30H18ClN5O. The first-order valence-electron chi connectivity index (χ1n) is 12.2. The van der Waals surface area contributed by atoms with Gasteiger partial charge >= 0.3 is 0 Å². The van der Waals surface area contributed by atoms with E-state index >= 15 is 0 Å². The molecule has 1 amide bonds. The second-order valence-electron chi connectivity index (χ2n) is 9.92. The van der Waals surface area contributed by atoms with Gasteiger partial charge in [0.15, 0.2) is 0 Å². The number of hydrogen-bond acceptors (Lipinski definition) is 4. The largest absolute Gasteiger partial charge is 0.354 e. The van der Waals surface area contributed by atoms with Crippen LogP contribution in [-0.2, 0) is 11.2 Å². The Balaban J connectivity index is 1.45. The fourth-order valence-electron chi connectivity index (χ4n) is 6.71. The molecule has 0 spiro atoms. The Bertz CT molecular complexity index is 1930. The number of aromatic nitrogens is 3. The number of halogens is 1. The van der Waals surface area contributed by atoms with E-state index in [2.05, 4.69) is 28.5 Å². The zero-order valence-electron chi connectivity index (χ0n) is 19.5. The van der Waals surface area contributed by atoms with Gasteiger partial charge in [-0.2, -0.15) is 5.26 Å². The van der Waals surface area contributed by atoms with E-state index in [9.17, 15) is 10.1 Å². The molecule has 0 fully saturated rings. The highest BCUT2D eigenvalue weighted by Gasteiger charge is 2.57. The van der Waals surface area contributed by atoms with Crippen molar-refractivity contribution in [2.75, 3.05) is 0 Å². The topological polar surface area (TPSA) is 94.5 Å². The van der Waals surface area contributed by atoms with E-state index < -0.39 is 5.54 Å². The number of hydrogen-bond donors (Lipinski definition) is 2. The lowest BCUT2D eigenvalue weighted by atomic mass is 9.67. The number of nitriles is 1. The van der Waals surface area contributed by atoms with Crippen LogP contribution in [0, 0.1) is 11.3 Å². The monoisotopic (exact) mass is 499 g/mol. The molecule has 1 aliphatic heterocycles. The summed E-state index contributed by atoms with van der Waals surface area (Å²) in [6, 6.07) is 24.0. The number of H-pyrrole nitrogens is 1.